The highest BCUT2D eigenvalue weighted by Crippen LogP contribution is 2.28. The minimum atomic E-state index is 0.178. The summed E-state index contributed by atoms with van der Waals surface area (Å²) in [5.41, 5.74) is 7.61. The Morgan fingerprint density at radius 1 is 1.31 bits per heavy atom. The zero-order chi connectivity index (χ0) is 11.4. The standard InChI is InChI=1S/C13H19BrN2/c14-12-5-1-3-11(9-12)13(15)10-4-2-7-16-8-6-10/h1,3,5,9-10,13,16H,2,4,6-8,15H2. The Morgan fingerprint density at radius 3 is 3.00 bits per heavy atom. The predicted octanol–water partition coefficient (Wildman–Crippen LogP) is 2.84. The van der Waals surface area contributed by atoms with E-state index in [2.05, 4.69) is 39.4 Å². The number of hydrogen-bond donors (Lipinski definition) is 2. The van der Waals surface area contributed by atoms with E-state index in [4.69, 9.17) is 5.73 Å². The molecule has 0 aromatic heterocycles. The van der Waals surface area contributed by atoms with Crippen LogP contribution in [0.4, 0.5) is 0 Å². The molecule has 3 N–H and O–H groups in total. The number of hydrogen-bond acceptors (Lipinski definition) is 2. The lowest BCUT2D eigenvalue weighted by molar-refractivity contribution is 0.391. The molecular weight excluding hydrogens is 264 g/mol. The van der Waals surface area contributed by atoms with Crippen molar-refractivity contribution in [3.05, 3.63) is 34.3 Å². The summed E-state index contributed by atoms with van der Waals surface area (Å²) in [4.78, 5) is 0. The van der Waals surface area contributed by atoms with E-state index in [9.17, 15) is 0 Å². The summed E-state index contributed by atoms with van der Waals surface area (Å²) in [7, 11) is 0. The van der Waals surface area contributed by atoms with E-state index in [1.165, 1.54) is 24.8 Å². The maximum Gasteiger partial charge on any atom is 0.0324 e. The van der Waals surface area contributed by atoms with Crippen molar-refractivity contribution in [1.82, 2.24) is 5.32 Å². The van der Waals surface area contributed by atoms with Gasteiger partial charge >= 0.3 is 0 Å². The quantitative estimate of drug-likeness (QED) is 0.876. The van der Waals surface area contributed by atoms with Gasteiger partial charge in [0.15, 0.2) is 0 Å². The van der Waals surface area contributed by atoms with Gasteiger partial charge in [-0.15, -0.1) is 0 Å². The van der Waals surface area contributed by atoms with Crippen LogP contribution >= 0.6 is 15.9 Å². The van der Waals surface area contributed by atoms with Crippen molar-refractivity contribution in [3.63, 3.8) is 0 Å². The monoisotopic (exact) mass is 282 g/mol. The van der Waals surface area contributed by atoms with Crippen molar-refractivity contribution in [2.24, 2.45) is 11.7 Å². The second kappa shape index (κ2) is 5.80. The molecule has 0 saturated carbocycles. The van der Waals surface area contributed by atoms with E-state index >= 15 is 0 Å². The number of halogens is 1. The summed E-state index contributed by atoms with van der Waals surface area (Å²) >= 11 is 3.50. The van der Waals surface area contributed by atoms with Crippen LogP contribution in [0, 0.1) is 5.92 Å². The van der Waals surface area contributed by atoms with Crippen LogP contribution in [0.1, 0.15) is 30.9 Å². The molecule has 1 aromatic carbocycles. The zero-order valence-corrected chi connectivity index (χ0v) is 11.0. The molecule has 2 unspecified atom stereocenters. The average molecular weight is 283 g/mol. The van der Waals surface area contributed by atoms with Crippen LogP contribution in [-0.4, -0.2) is 13.1 Å². The summed E-state index contributed by atoms with van der Waals surface area (Å²) in [6.45, 7) is 2.24. The number of benzene rings is 1. The zero-order valence-electron chi connectivity index (χ0n) is 9.45. The van der Waals surface area contributed by atoms with Crippen molar-refractivity contribution in [1.29, 1.82) is 0 Å². The minimum absolute atomic E-state index is 0.178. The summed E-state index contributed by atoms with van der Waals surface area (Å²) < 4.78 is 1.12. The molecule has 0 bridgehead atoms. The van der Waals surface area contributed by atoms with Gasteiger partial charge in [0, 0.05) is 10.5 Å². The Bertz CT molecular complexity index is 332. The van der Waals surface area contributed by atoms with Crippen molar-refractivity contribution in [3.8, 4) is 0 Å². The molecule has 1 aromatic rings. The van der Waals surface area contributed by atoms with Crippen LogP contribution in [0.25, 0.3) is 0 Å². The van der Waals surface area contributed by atoms with Gasteiger partial charge in [-0.25, -0.2) is 0 Å². The van der Waals surface area contributed by atoms with Gasteiger partial charge in [-0.05, 0) is 56.0 Å². The Hall–Kier alpha value is -0.380. The Kier molecular flexibility index (Phi) is 4.38. The third-order valence-corrected chi connectivity index (χ3v) is 3.86. The molecule has 0 aliphatic carbocycles. The SMILES string of the molecule is NC(c1cccc(Br)c1)C1CCCNCC1. The fourth-order valence-corrected chi connectivity index (χ4v) is 2.81. The first kappa shape index (κ1) is 12.1. The molecule has 2 atom stereocenters. The molecule has 88 valence electrons. The lowest BCUT2D eigenvalue weighted by atomic mass is 9.88. The van der Waals surface area contributed by atoms with Gasteiger partial charge in [-0.1, -0.05) is 28.1 Å². The van der Waals surface area contributed by atoms with Crippen LogP contribution < -0.4 is 11.1 Å². The molecule has 2 rings (SSSR count). The molecule has 1 fully saturated rings. The molecule has 16 heavy (non-hydrogen) atoms. The molecule has 3 heteroatoms. The molecule has 1 aliphatic heterocycles. The highest BCUT2D eigenvalue weighted by molar-refractivity contribution is 9.10. The molecule has 0 radical (unpaired) electrons. The smallest absolute Gasteiger partial charge is 0.0324 e. The normalized spacial score (nSPS) is 23.8. The third-order valence-electron chi connectivity index (χ3n) is 3.36. The highest BCUT2D eigenvalue weighted by Gasteiger charge is 2.20. The highest BCUT2D eigenvalue weighted by atomic mass is 79.9. The van der Waals surface area contributed by atoms with Crippen molar-refractivity contribution < 1.29 is 0 Å². The first-order valence-corrected chi connectivity index (χ1v) is 6.78. The fourth-order valence-electron chi connectivity index (χ4n) is 2.39. The number of nitrogens with one attached hydrogen (secondary N) is 1. The van der Waals surface area contributed by atoms with E-state index in [1.54, 1.807) is 0 Å². The fraction of sp³-hybridized carbons (Fsp3) is 0.538. The van der Waals surface area contributed by atoms with Gasteiger partial charge in [0.2, 0.25) is 0 Å². The van der Waals surface area contributed by atoms with Crippen LogP contribution in [0.15, 0.2) is 28.7 Å². The van der Waals surface area contributed by atoms with E-state index in [-0.39, 0.29) is 6.04 Å². The predicted molar refractivity (Wildman–Crippen MR) is 71.3 cm³/mol. The number of rotatable bonds is 2. The Morgan fingerprint density at radius 2 is 2.19 bits per heavy atom. The van der Waals surface area contributed by atoms with Crippen molar-refractivity contribution >= 4 is 15.9 Å². The van der Waals surface area contributed by atoms with E-state index in [1.807, 2.05) is 6.07 Å². The third kappa shape index (κ3) is 3.06. The molecule has 1 saturated heterocycles. The summed E-state index contributed by atoms with van der Waals surface area (Å²) in [5, 5.41) is 3.43. The van der Waals surface area contributed by atoms with E-state index in [0.29, 0.717) is 5.92 Å². The second-order valence-electron chi connectivity index (χ2n) is 4.52. The maximum absolute atomic E-state index is 6.36. The molecule has 0 spiro atoms. The van der Waals surface area contributed by atoms with Crippen LogP contribution in [0.5, 0.6) is 0 Å². The van der Waals surface area contributed by atoms with Crippen LogP contribution in [-0.2, 0) is 0 Å². The largest absolute Gasteiger partial charge is 0.324 e. The van der Waals surface area contributed by atoms with E-state index < -0.39 is 0 Å². The van der Waals surface area contributed by atoms with Crippen LogP contribution in [0.2, 0.25) is 0 Å². The number of nitrogens with two attached hydrogens (primary N) is 1. The minimum Gasteiger partial charge on any atom is -0.324 e. The first-order valence-electron chi connectivity index (χ1n) is 5.99. The molecule has 2 nitrogen and oxygen atoms in total. The summed E-state index contributed by atoms with van der Waals surface area (Å²) in [6.07, 6.45) is 3.67. The van der Waals surface area contributed by atoms with Gasteiger partial charge in [0.25, 0.3) is 0 Å². The Labute approximate surface area is 106 Å². The lowest BCUT2D eigenvalue weighted by Crippen LogP contribution is -2.22. The average Bonchev–Trinajstić information content (AvgIpc) is 2.56. The molecular formula is C13H19BrN2. The molecule has 1 heterocycles. The lowest BCUT2D eigenvalue weighted by Gasteiger charge is -2.22. The summed E-state index contributed by atoms with van der Waals surface area (Å²) in [5.74, 6) is 0.615. The van der Waals surface area contributed by atoms with Gasteiger partial charge < -0.3 is 11.1 Å². The van der Waals surface area contributed by atoms with E-state index in [0.717, 1.165) is 17.6 Å². The van der Waals surface area contributed by atoms with Gasteiger partial charge in [0.1, 0.15) is 0 Å². The topological polar surface area (TPSA) is 38.0 Å². The van der Waals surface area contributed by atoms with Crippen molar-refractivity contribution in [2.45, 2.75) is 25.3 Å². The van der Waals surface area contributed by atoms with Gasteiger partial charge in [-0.3, -0.25) is 0 Å². The Balaban J connectivity index is 2.07. The second-order valence-corrected chi connectivity index (χ2v) is 5.44. The van der Waals surface area contributed by atoms with Gasteiger partial charge in [-0.2, -0.15) is 0 Å². The van der Waals surface area contributed by atoms with Crippen molar-refractivity contribution in [2.75, 3.05) is 13.1 Å². The van der Waals surface area contributed by atoms with Crippen LogP contribution in [0.3, 0.4) is 0 Å². The molecule has 0 amide bonds. The summed E-state index contributed by atoms with van der Waals surface area (Å²) in [6, 6.07) is 8.56. The molecule has 1 aliphatic rings. The first-order chi connectivity index (χ1) is 7.77. The van der Waals surface area contributed by atoms with Gasteiger partial charge in [0.05, 0.1) is 0 Å². The maximum atomic E-state index is 6.36.